The number of rotatable bonds is 7. The van der Waals surface area contributed by atoms with Gasteiger partial charge in [0.15, 0.2) is 5.88 Å². The monoisotopic (exact) mass is 280 g/mol. The first kappa shape index (κ1) is 15.2. The van der Waals surface area contributed by atoms with E-state index in [1.807, 2.05) is 6.92 Å². The summed E-state index contributed by atoms with van der Waals surface area (Å²) in [5.74, 6) is 6.51. The molecule has 2 aliphatic heterocycles. The smallest absolute Gasteiger partial charge is 0.216 e. The molecule has 0 aromatic heterocycles. The van der Waals surface area contributed by atoms with Gasteiger partial charge in [-0.15, -0.1) is 5.92 Å². The van der Waals surface area contributed by atoms with E-state index in [4.69, 9.17) is 14.2 Å². The van der Waals surface area contributed by atoms with Gasteiger partial charge in [0.05, 0.1) is 13.2 Å². The van der Waals surface area contributed by atoms with Gasteiger partial charge in [-0.1, -0.05) is 5.92 Å². The van der Waals surface area contributed by atoms with Crippen LogP contribution < -0.4 is 5.32 Å². The SMILES string of the molecule is C=C(NCCCN1CCOCC1)OC1(C#CC)COC1. The van der Waals surface area contributed by atoms with Crippen LogP contribution in [-0.4, -0.2) is 63.1 Å². The van der Waals surface area contributed by atoms with Gasteiger partial charge >= 0.3 is 0 Å². The van der Waals surface area contributed by atoms with Crippen molar-refractivity contribution in [1.82, 2.24) is 10.2 Å². The lowest BCUT2D eigenvalue weighted by molar-refractivity contribution is -0.156. The third-order valence-corrected chi connectivity index (χ3v) is 3.42. The average molecular weight is 280 g/mol. The summed E-state index contributed by atoms with van der Waals surface area (Å²) in [7, 11) is 0. The van der Waals surface area contributed by atoms with Crippen molar-refractivity contribution in [2.45, 2.75) is 18.9 Å². The van der Waals surface area contributed by atoms with E-state index in [1.165, 1.54) is 0 Å². The lowest BCUT2D eigenvalue weighted by Gasteiger charge is -2.37. The first-order valence-electron chi connectivity index (χ1n) is 7.18. The van der Waals surface area contributed by atoms with Crippen LogP contribution in [0.3, 0.4) is 0 Å². The molecule has 0 aromatic carbocycles. The van der Waals surface area contributed by atoms with Gasteiger partial charge in [-0.3, -0.25) is 4.90 Å². The molecule has 1 N–H and O–H groups in total. The van der Waals surface area contributed by atoms with Crippen molar-refractivity contribution in [1.29, 1.82) is 0 Å². The van der Waals surface area contributed by atoms with Crippen LogP contribution >= 0.6 is 0 Å². The molecule has 2 fully saturated rings. The van der Waals surface area contributed by atoms with Gasteiger partial charge in [-0.25, -0.2) is 0 Å². The van der Waals surface area contributed by atoms with Crippen LogP contribution in [0.25, 0.3) is 0 Å². The number of hydrogen-bond acceptors (Lipinski definition) is 5. The molecule has 0 bridgehead atoms. The standard InChI is InChI=1S/C15H24N2O3/c1-3-5-15(12-19-13-15)20-14(2)16-6-4-7-17-8-10-18-11-9-17/h16H,2,4,6-13H2,1H3. The van der Waals surface area contributed by atoms with E-state index >= 15 is 0 Å². The molecular formula is C15H24N2O3. The molecule has 0 spiro atoms. The molecule has 2 aliphatic rings. The van der Waals surface area contributed by atoms with Crippen LogP contribution in [0.1, 0.15) is 13.3 Å². The average Bonchev–Trinajstić information content (AvgIpc) is 2.42. The second-order valence-electron chi connectivity index (χ2n) is 5.12. The van der Waals surface area contributed by atoms with Crippen LogP contribution in [0.4, 0.5) is 0 Å². The Morgan fingerprint density at radius 3 is 2.70 bits per heavy atom. The molecule has 0 amide bonds. The Labute approximate surface area is 121 Å². The van der Waals surface area contributed by atoms with Gasteiger partial charge in [-0.05, 0) is 26.5 Å². The van der Waals surface area contributed by atoms with E-state index in [0.29, 0.717) is 19.1 Å². The van der Waals surface area contributed by atoms with Gasteiger partial charge in [-0.2, -0.15) is 0 Å². The summed E-state index contributed by atoms with van der Waals surface area (Å²) in [6, 6.07) is 0. The van der Waals surface area contributed by atoms with Gasteiger partial charge in [0, 0.05) is 19.6 Å². The van der Waals surface area contributed by atoms with Crippen molar-refractivity contribution in [3.63, 3.8) is 0 Å². The van der Waals surface area contributed by atoms with Crippen molar-refractivity contribution in [2.24, 2.45) is 0 Å². The number of hydrogen-bond donors (Lipinski definition) is 1. The van der Waals surface area contributed by atoms with Crippen LogP contribution in [-0.2, 0) is 14.2 Å². The minimum Gasteiger partial charge on any atom is -0.455 e. The Morgan fingerprint density at radius 1 is 1.35 bits per heavy atom. The Bertz CT molecular complexity index is 376. The maximum atomic E-state index is 5.77. The summed E-state index contributed by atoms with van der Waals surface area (Å²) >= 11 is 0. The van der Waals surface area contributed by atoms with Crippen molar-refractivity contribution in [2.75, 3.05) is 52.6 Å². The van der Waals surface area contributed by atoms with Crippen molar-refractivity contribution >= 4 is 0 Å². The van der Waals surface area contributed by atoms with E-state index in [-0.39, 0.29) is 0 Å². The van der Waals surface area contributed by atoms with E-state index in [2.05, 4.69) is 28.6 Å². The summed E-state index contributed by atoms with van der Waals surface area (Å²) in [5.41, 5.74) is -0.483. The number of nitrogens with zero attached hydrogens (tertiary/aromatic N) is 1. The van der Waals surface area contributed by atoms with Crippen molar-refractivity contribution in [3.8, 4) is 11.8 Å². The second-order valence-corrected chi connectivity index (χ2v) is 5.12. The quantitative estimate of drug-likeness (QED) is 0.420. The van der Waals surface area contributed by atoms with Gasteiger partial charge in [0.2, 0.25) is 5.60 Å². The van der Waals surface area contributed by atoms with Crippen LogP contribution in [0.15, 0.2) is 12.5 Å². The van der Waals surface area contributed by atoms with E-state index in [9.17, 15) is 0 Å². The Balaban J connectivity index is 1.58. The summed E-state index contributed by atoms with van der Waals surface area (Å²) in [5, 5.41) is 3.21. The zero-order valence-corrected chi connectivity index (χ0v) is 12.2. The zero-order valence-electron chi connectivity index (χ0n) is 12.2. The first-order valence-corrected chi connectivity index (χ1v) is 7.18. The lowest BCUT2D eigenvalue weighted by Crippen LogP contribution is -2.51. The molecule has 0 atom stereocenters. The van der Waals surface area contributed by atoms with Crippen LogP contribution in [0.2, 0.25) is 0 Å². The summed E-state index contributed by atoms with van der Waals surface area (Å²) in [6.45, 7) is 12.4. The molecule has 5 heteroatoms. The zero-order chi connectivity index (χ0) is 14.3. The molecule has 0 aromatic rings. The van der Waals surface area contributed by atoms with E-state index in [1.54, 1.807) is 0 Å². The fourth-order valence-corrected chi connectivity index (χ4v) is 2.30. The predicted molar refractivity (Wildman–Crippen MR) is 77.1 cm³/mol. The van der Waals surface area contributed by atoms with Crippen molar-refractivity contribution in [3.05, 3.63) is 12.5 Å². The van der Waals surface area contributed by atoms with Gasteiger partial charge in [0.25, 0.3) is 0 Å². The second kappa shape index (κ2) is 7.53. The molecule has 112 valence electrons. The predicted octanol–water partition coefficient (Wildman–Crippen LogP) is 0.578. The van der Waals surface area contributed by atoms with Gasteiger partial charge < -0.3 is 19.5 Å². The highest BCUT2D eigenvalue weighted by Crippen LogP contribution is 2.22. The summed E-state index contributed by atoms with van der Waals surface area (Å²) in [4.78, 5) is 2.42. The Kier molecular flexibility index (Phi) is 5.72. The lowest BCUT2D eigenvalue weighted by atomic mass is 10.0. The largest absolute Gasteiger partial charge is 0.455 e. The molecule has 2 saturated heterocycles. The first-order chi connectivity index (χ1) is 9.74. The fraction of sp³-hybridized carbons (Fsp3) is 0.733. The number of nitrogens with one attached hydrogen (secondary N) is 1. The molecule has 0 radical (unpaired) electrons. The van der Waals surface area contributed by atoms with E-state index in [0.717, 1.165) is 45.8 Å². The molecular weight excluding hydrogens is 256 g/mol. The van der Waals surface area contributed by atoms with Crippen LogP contribution in [0, 0.1) is 11.8 Å². The topological polar surface area (TPSA) is 43.0 Å². The molecule has 20 heavy (non-hydrogen) atoms. The van der Waals surface area contributed by atoms with Crippen LogP contribution in [0.5, 0.6) is 0 Å². The summed E-state index contributed by atoms with van der Waals surface area (Å²) in [6.07, 6.45) is 1.06. The highest BCUT2D eigenvalue weighted by molar-refractivity contribution is 5.18. The Morgan fingerprint density at radius 2 is 2.10 bits per heavy atom. The molecule has 5 nitrogen and oxygen atoms in total. The minimum atomic E-state index is -0.483. The molecule has 0 aliphatic carbocycles. The Hall–Kier alpha value is -1.22. The fourth-order valence-electron chi connectivity index (χ4n) is 2.30. The summed E-state index contributed by atoms with van der Waals surface area (Å²) < 4.78 is 16.3. The third-order valence-electron chi connectivity index (χ3n) is 3.42. The molecule has 2 rings (SSSR count). The van der Waals surface area contributed by atoms with E-state index < -0.39 is 5.60 Å². The van der Waals surface area contributed by atoms with Gasteiger partial charge in [0.1, 0.15) is 13.2 Å². The molecule has 2 heterocycles. The third kappa shape index (κ3) is 4.41. The minimum absolute atomic E-state index is 0.483. The molecule has 0 saturated carbocycles. The number of ether oxygens (including phenoxy) is 3. The van der Waals surface area contributed by atoms with Crippen molar-refractivity contribution < 1.29 is 14.2 Å². The maximum Gasteiger partial charge on any atom is 0.216 e. The highest BCUT2D eigenvalue weighted by atomic mass is 16.6. The maximum absolute atomic E-state index is 5.77. The highest BCUT2D eigenvalue weighted by Gasteiger charge is 2.39. The number of morpholine rings is 1. The molecule has 0 unspecified atom stereocenters. The normalized spacial score (nSPS) is 21.2.